The smallest absolute Gasteiger partial charge is 0.228 e. The molecule has 4 rings (SSSR count). The van der Waals surface area contributed by atoms with E-state index in [1.54, 1.807) is 0 Å². The predicted molar refractivity (Wildman–Crippen MR) is 128 cm³/mol. The Kier molecular flexibility index (Phi) is 6.17. The van der Waals surface area contributed by atoms with Gasteiger partial charge in [-0.05, 0) is 18.6 Å². The Labute approximate surface area is 190 Å². The molecule has 0 unspecified atom stereocenters. The zero-order chi connectivity index (χ0) is 22.9. The molecule has 0 saturated carbocycles. The van der Waals surface area contributed by atoms with Crippen LogP contribution in [0, 0.1) is 5.41 Å². The summed E-state index contributed by atoms with van der Waals surface area (Å²) in [7, 11) is 0. The standard InChI is InChI=1S/C25H34N6O/c1-6-10-18(2)21-27-22(29-13-15-30(16-14-29)24(32)25(3,4)5)20-17-26-31(23(20)28-21)19-11-8-7-9-12-19/h7-9,11-12,17-18H,6,10,13-16H2,1-5H3/t18-/m1/s1. The maximum atomic E-state index is 12.7. The Balaban J connectivity index is 1.71. The van der Waals surface area contributed by atoms with E-state index in [9.17, 15) is 4.79 Å². The molecular weight excluding hydrogens is 400 g/mol. The quantitative estimate of drug-likeness (QED) is 0.595. The molecule has 3 aromatic rings. The average Bonchev–Trinajstić information content (AvgIpc) is 3.22. The lowest BCUT2D eigenvalue weighted by Crippen LogP contribution is -2.52. The molecule has 1 aliphatic rings. The van der Waals surface area contributed by atoms with Gasteiger partial charge in [-0.2, -0.15) is 5.10 Å². The van der Waals surface area contributed by atoms with Crippen molar-refractivity contribution in [3.63, 3.8) is 0 Å². The third kappa shape index (κ3) is 4.33. The molecule has 0 spiro atoms. The van der Waals surface area contributed by atoms with E-state index >= 15 is 0 Å². The van der Waals surface area contributed by atoms with Gasteiger partial charge >= 0.3 is 0 Å². The van der Waals surface area contributed by atoms with Gasteiger partial charge in [0.1, 0.15) is 11.6 Å². The largest absolute Gasteiger partial charge is 0.352 e. The second kappa shape index (κ2) is 8.88. The Bertz CT molecular complexity index is 1080. The highest BCUT2D eigenvalue weighted by atomic mass is 16.2. The molecule has 0 N–H and O–H groups in total. The normalized spacial score (nSPS) is 15.9. The molecule has 7 nitrogen and oxygen atoms in total. The molecule has 1 atom stereocenters. The second-order valence-electron chi connectivity index (χ2n) is 9.75. The van der Waals surface area contributed by atoms with E-state index in [2.05, 4.69) is 23.8 Å². The molecule has 2 aromatic heterocycles. The van der Waals surface area contributed by atoms with Crippen molar-refractivity contribution in [1.29, 1.82) is 0 Å². The van der Waals surface area contributed by atoms with Crippen molar-refractivity contribution in [3.8, 4) is 5.69 Å². The van der Waals surface area contributed by atoms with Crippen LogP contribution >= 0.6 is 0 Å². The molecule has 1 aliphatic heterocycles. The molecule has 1 amide bonds. The van der Waals surface area contributed by atoms with Crippen LogP contribution < -0.4 is 4.90 Å². The number of amides is 1. The predicted octanol–water partition coefficient (Wildman–Crippen LogP) is 4.41. The molecular formula is C25H34N6O. The maximum Gasteiger partial charge on any atom is 0.228 e. The first kappa shape index (κ1) is 22.2. The van der Waals surface area contributed by atoms with Gasteiger partial charge < -0.3 is 9.80 Å². The molecule has 1 fully saturated rings. The number of aromatic nitrogens is 4. The molecule has 0 bridgehead atoms. The molecule has 32 heavy (non-hydrogen) atoms. The number of carbonyl (C=O) groups is 1. The maximum absolute atomic E-state index is 12.7. The van der Waals surface area contributed by atoms with Crippen LogP contribution in [0.4, 0.5) is 5.82 Å². The Morgan fingerprint density at radius 3 is 2.38 bits per heavy atom. The minimum atomic E-state index is -0.357. The highest BCUT2D eigenvalue weighted by molar-refractivity contribution is 5.88. The lowest BCUT2D eigenvalue weighted by Gasteiger charge is -2.38. The van der Waals surface area contributed by atoms with Crippen LogP contribution in [0.2, 0.25) is 0 Å². The van der Waals surface area contributed by atoms with Gasteiger partial charge in [0.05, 0.1) is 17.3 Å². The van der Waals surface area contributed by atoms with Gasteiger partial charge in [-0.3, -0.25) is 4.79 Å². The summed E-state index contributed by atoms with van der Waals surface area (Å²) >= 11 is 0. The number of para-hydroxylation sites is 1. The zero-order valence-corrected chi connectivity index (χ0v) is 19.9. The highest BCUT2D eigenvalue weighted by Crippen LogP contribution is 2.30. The first-order chi connectivity index (χ1) is 15.3. The van der Waals surface area contributed by atoms with Gasteiger partial charge in [0.15, 0.2) is 5.65 Å². The van der Waals surface area contributed by atoms with Gasteiger partial charge in [0, 0.05) is 37.5 Å². The second-order valence-corrected chi connectivity index (χ2v) is 9.75. The van der Waals surface area contributed by atoms with Crippen molar-refractivity contribution < 1.29 is 4.79 Å². The van der Waals surface area contributed by atoms with Crippen molar-refractivity contribution >= 4 is 22.8 Å². The van der Waals surface area contributed by atoms with E-state index in [0.29, 0.717) is 13.1 Å². The van der Waals surface area contributed by atoms with Crippen LogP contribution in [0.25, 0.3) is 16.7 Å². The summed E-state index contributed by atoms with van der Waals surface area (Å²) in [5, 5.41) is 5.62. The SMILES string of the molecule is CCC[C@@H](C)c1nc(N2CCN(C(=O)C(C)(C)C)CC2)c2cnn(-c3ccccc3)c2n1. The van der Waals surface area contributed by atoms with Gasteiger partial charge in [0.2, 0.25) is 5.91 Å². The van der Waals surface area contributed by atoms with Gasteiger partial charge in [-0.15, -0.1) is 0 Å². The molecule has 170 valence electrons. The monoisotopic (exact) mass is 434 g/mol. The first-order valence-corrected chi connectivity index (χ1v) is 11.6. The summed E-state index contributed by atoms with van der Waals surface area (Å²) in [4.78, 5) is 27.0. The minimum absolute atomic E-state index is 0.208. The Morgan fingerprint density at radius 1 is 1.06 bits per heavy atom. The number of nitrogens with zero attached hydrogens (tertiary/aromatic N) is 6. The fourth-order valence-electron chi connectivity index (χ4n) is 4.29. The van der Waals surface area contributed by atoms with Crippen LogP contribution in [0.5, 0.6) is 0 Å². The summed E-state index contributed by atoms with van der Waals surface area (Å²) in [6.07, 6.45) is 4.00. The van der Waals surface area contributed by atoms with E-state index in [1.807, 2.05) is 66.9 Å². The van der Waals surface area contributed by atoms with E-state index in [0.717, 1.165) is 54.3 Å². The topological polar surface area (TPSA) is 67.2 Å². The molecule has 1 aromatic carbocycles. The van der Waals surface area contributed by atoms with E-state index in [-0.39, 0.29) is 17.2 Å². The van der Waals surface area contributed by atoms with E-state index < -0.39 is 0 Å². The van der Waals surface area contributed by atoms with Gasteiger partial charge in [0.25, 0.3) is 0 Å². The molecule has 0 radical (unpaired) electrons. The van der Waals surface area contributed by atoms with Crippen LogP contribution in [0.3, 0.4) is 0 Å². The van der Waals surface area contributed by atoms with Crippen molar-refractivity contribution in [3.05, 3.63) is 42.4 Å². The lowest BCUT2D eigenvalue weighted by molar-refractivity contribution is -0.139. The summed E-state index contributed by atoms with van der Waals surface area (Å²) in [6, 6.07) is 10.1. The fraction of sp³-hybridized carbons (Fsp3) is 0.520. The van der Waals surface area contributed by atoms with Crippen LogP contribution in [0.15, 0.2) is 36.5 Å². The van der Waals surface area contributed by atoms with E-state index in [1.165, 1.54) is 0 Å². The van der Waals surface area contributed by atoms with Crippen LogP contribution in [0.1, 0.15) is 59.2 Å². The first-order valence-electron chi connectivity index (χ1n) is 11.6. The van der Waals surface area contributed by atoms with Gasteiger partial charge in [-0.25, -0.2) is 14.6 Å². The third-order valence-corrected chi connectivity index (χ3v) is 6.10. The highest BCUT2D eigenvalue weighted by Gasteiger charge is 2.31. The van der Waals surface area contributed by atoms with Crippen molar-refractivity contribution in [2.75, 3.05) is 31.1 Å². The number of hydrogen-bond acceptors (Lipinski definition) is 5. The number of benzene rings is 1. The molecule has 1 saturated heterocycles. The molecule has 7 heteroatoms. The fourth-order valence-corrected chi connectivity index (χ4v) is 4.29. The Hall–Kier alpha value is -2.96. The van der Waals surface area contributed by atoms with Crippen molar-refractivity contribution in [1.82, 2.24) is 24.6 Å². The summed E-state index contributed by atoms with van der Waals surface area (Å²) < 4.78 is 1.90. The lowest BCUT2D eigenvalue weighted by atomic mass is 9.94. The number of fused-ring (bicyclic) bond motifs is 1. The number of hydrogen-bond donors (Lipinski definition) is 0. The summed E-state index contributed by atoms with van der Waals surface area (Å²) in [5.41, 5.74) is 1.47. The summed E-state index contributed by atoms with van der Waals surface area (Å²) in [5.74, 6) is 2.27. The molecule has 3 heterocycles. The zero-order valence-electron chi connectivity index (χ0n) is 19.9. The number of rotatable bonds is 5. The average molecular weight is 435 g/mol. The van der Waals surface area contributed by atoms with Crippen LogP contribution in [-0.2, 0) is 4.79 Å². The van der Waals surface area contributed by atoms with Crippen molar-refractivity contribution in [2.45, 2.75) is 53.4 Å². The molecule has 0 aliphatic carbocycles. The van der Waals surface area contributed by atoms with Gasteiger partial charge in [-0.1, -0.05) is 59.2 Å². The third-order valence-electron chi connectivity index (χ3n) is 6.10. The number of anilines is 1. The summed E-state index contributed by atoms with van der Waals surface area (Å²) in [6.45, 7) is 13.2. The van der Waals surface area contributed by atoms with E-state index in [4.69, 9.17) is 9.97 Å². The number of carbonyl (C=O) groups excluding carboxylic acids is 1. The number of piperazine rings is 1. The van der Waals surface area contributed by atoms with Crippen LogP contribution in [-0.4, -0.2) is 56.7 Å². The minimum Gasteiger partial charge on any atom is -0.352 e. The van der Waals surface area contributed by atoms with Crippen molar-refractivity contribution in [2.24, 2.45) is 5.41 Å². The Morgan fingerprint density at radius 2 is 1.75 bits per heavy atom.